The van der Waals surface area contributed by atoms with E-state index in [2.05, 4.69) is 10.3 Å². The zero-order chi connectivity index (χ0) is 19.2. The van der Waals surface area contributed by atoms with Crippen molar-refractivity contribution in [1.82, 2.24) is 4.98 Å². The van der Waals surface area contributed by atoms with Crippen LogP contribution in [0.2, 0.25) is 0 Å². The molecule has 0 fully saturated rings. The number of benzene rings is 2. The van der Waals surface area contributed by atoms with E-state index in [-0.39, 0.29) is 5.56 Å². The number of aromatic nitrogens is 1. The van der Waals surface area contributed by atoms with Crippen molar-refractivity contribution in [3.63, 3.8) is 0 Å². The topological polar surface area (TPSA) is 85.4 Å². The van der Waals surface area contributed by atoms with Gasteiger partial charge in [0.2, 0.25) is 0 Å². The van der Waals surface area contributed by atoms with Crippen LogP contribution in [0.1, 0.15) is 26.3 Å². The fourth-order valence-corrected chi connectivity index (χ4v) is 2.99. The third-order valence-corrected chi connectivity index (χ3v) is 4.47. The fraction of sp³-hybridized carbons (Fsp3) is 0.100. The number of hydrogen-bond acceptors (Lipinski definition) is 6. The molecule has 0 saturated heterocycles. The van der Waals surface area contributed by atoms with Crippen LogP contribution in [0.3, 0.4) is 0 Å². The normalized spacial score (nSPS) is 10.3. The van der Waals surface area contributed by atoms with E-state index in [0.717, 1.165) is 16.8 Å². The van der Waals surface area contributed by atoms with E-state index in [1.165, 1.54) is 35.6 Å². The highest BCUT2D eigenvalue weighted by Gasteiger charge is 2.12. The number of aldehydes is 1. The molecule has 2 aromatic carbocycles. The Balaban J connectivity index is 1.54. The molecule has 0 radical (unpaired) electrons. The van der Waals surface area contributed by atoms with Gasteiger partial charge in [-0.15, -0.1) is 11.3 Å². The lowest BCUT2D eigenvalue weighted by Crippen LogP contribution is -2.20. The summed E-state index contributed by atoms with van der Waals surface area (Å²) in [4.78, 5) is 38.9. The lowest BCUT2D eigenvalue weighted by atomic mass is 10.1. The summed E-state index contributed by atoms with van der Waals surface area (Å²) in [5, 5.41) is 4.89. The first kappa shape index (κ1) is 18.5. The molecule has 6 nitrogen and oxygen atoms in total. The van der Waals surface area contributed by atoms with Crippen molar-refractivity contribution in [2.45, 2.75) is 6.92 Å². The molecule has 0 aliphatic rings. The second-order valence-corrected chi connectivity index (χ2v) is 6.63. The van der Waals surface area contributed by atoms with Gasteiger partial charge in [0.1, 0.15) is 6.29 Å². The summed E-state index contributed by atoms with van der Waals surface area (Å²) in [5.74, 6) is -1.11. The van der Waals surface area contributed by atoms with E-state index in [9.17, 15) is 14.4 Å². The number of aryl methyl sites for hydroxylation is 1. The Morgan fingerprint density at radius 1 is 1.11 bits per heavy atom. The molecular formula is C20H16N2O4S. The molecule has 0 saturated carbocycles. The second kappa shape index (κ2) is 8.37. The Kier molecular flexibility index (Phi) is 5.73. The number of nitrogens with zero attached hydrogens (tertiary/aromatic N) is 1. The molecule has 7 heteroatoms. The molecule has 1 N–H and O–H groups in total. The number of esters is 1. The van der Waals surface area contributed by atoms with Gasteiger partial charge in [0.05, 0.1) is 11.3 Å². The number of carbonyl (C=O) groups excluding carboxylic acids is 3. The molecule has 1 heterocycles. The van der Waals surface area contributed by atoms with Crippen LogP contribution in [-0.4, -0.2) is 29.8 Å². The van der Waals surface area contributed by atoms with Gasteiger partial charge in [-0.25, -0.2) is 9.78 Å². The van der Waals surface area contributed by atoms with Gasteiger partial charge in [0, 0.05) is 16.5 Å². The number of carbonyl (C=O) groups is 3. The van der Waals surface area contributed by atoms with E-state index >= 15 is 0 Å². The summed E-state index contributed by atoms with van der Waals surface area (Å²) in [6, 6.07) is 13.9. The Labute approximate surface area is 159 Å². The van der Waals surface area contributed by atoms with Gasteiger partial charge in [-0.3, -0.25) is 14.9 Å². The molecule has 0 atom stereocenters. The molecule has 1 aromatic heterocycles. The largest absolute Gasteiger partial charge is 0.452 e. The number of ether oxygens (including phenoxy) is 1. The van der Waals surface area contributed by atoms with Crippen LogP contribution in [-0.2, 0) is 9.53 Å². The number of amides is 1. The molecule has 0 bridgehead atoms. The van der Waals surface area contributed by atoms with E-state index in [4.69, 9.17) is 4.74 Å². The Morgan fingerprint density at radius 2 is 1.81 bits per heavy atom. The third-order valence-electron chi connectivity index (χ3n) is 3.71. The number of nitrogens with one attached hydrogen (secondary N) is 1. The van der Waals surface area contributed by atoms with E-state index in [1.807, 2.05) is 36.6 Å². The smallest absolute Gasteiger partial charge is 0.338 e. The lowest BCUT2D eigenvalue weighted by Gasteiger charge is -2.05. The van der Waals surface area contributed by atoms with Crippen LogP contribution >= 0.6 is 11.3 Å². The van der Waals surface area contributed by atoms with Crippen LogP contribution < -0.4 is 5.32 Å². The predicted molar refractivity (Wildman–Crippen MR) is 103 cm³/mol. The maximum atomic E-state index is 12.0. The first-order valence-electron chi connectivity index (χ1n) is 8.10. The van der Waals surface area contributed by atoms with Crippen molar-refractivity contribution in [1.29, 1.82) is 0 Å². The second-order valence-electron chi connectivity index (χ2n) is 5.77. The van der Waals surface area contributed by atoms with Crippen molar-refractivity contribution in [3.05, 3.63) is 70.6 Å². The number of anilines is 1. The summed E-state index contributed by atoms with van der Waals surface area (Å²) in [5.41, 5.74) is 3.61. The molecule has 0 aliphatic heterocycles. The van der Waals surface area contributed by atoms with Crippen LogP contribution in [0.15, 0.2) is 53.9 Å². The van der Waals surface area contributed by atoms with E-state index in [0.29, 0.717) is 17.0 Å². The van der Waals surface area contributed by atoms with Gasteiger partial charge in [-0.05, 0) is 19.1 Å². The number of hydrogen-bond donors (Lipinski definition) is 1. The van der Waals surface area contributed by atoms with E-state index < -0.39 is 18.5 Å². The summed E-state index contributed by atoms with van der Waals surface area (Å²) < 4.78 is 4.98. The van der Waals surface area contributed by atoms with Crippen molar-refractivity contribution in [3.8, 4) is 11.3 Å². The highest BCUT2D eigenvalue weighted by atomic mass is 32.1. The van der Waals surface area contributed by atoms with Gasteiger partial charge in [0.15, 0.2) is 11.7 Å². The Morgan fingerprint density at radius 3 is 2.48 bits per heavy atom. The van der Waals surface area contributed by atoms with Gasteiger partial charge < -0.3 is 4.74 Å². The van der Waals surface area contributed by atoms with Gasteiger partial charge in [-0.1, -0.05) is 42.0 Å². The third kappa shape index (κ3) is 4.86. The highest BCUT2D eigenvalue weighted by molar-refractivity contribution is 7.14. The van der Waals surface area contributed by atoms with E-state index in [1.54, 1.807) is 0 Å². The first-order valence-corrected chi connectivity index (χ1v) is 8.98. The summed E-state index contributed by atoms with van der Waals surface area (Å²) in [6.45, 7) is 1.59. The quantitative estimate of drug-likeness (QED) is 0.520. The molecule has 0 aliphatic carbocycles. The number of rotatable bonds is 6. The molecule has 27 heavy (non-hydrogen) atoms. The minimum absolute atomic E-state index is 0.268. The van der Waals surface area contributed by atoms with Crippen molar-refractivity contribution < 1.29 is 19.1 Å². The highest BCUT2D eigenvalue weighted by Crippen LogP contribution is 2.25. The summed E-state index contributed by atoms with van der Waals surface area (Å²) >= 11 is 1.30. The van der Waals surface area contributed by atoms with Crippen molar-refractivity contribution >= 4 is 34.6 Å². The average molecular weight is 380 g/mol. The molecule has 3 aromatic rings. The lowest BCUT2D eigenvalue weighted by molar-refractivity contribution is -0.119. The molecule has 0 unspecified atom stereocenters. The zero-order valence-corrected chi connectivity index (χ0v) is 15.3. The van der Waals surface area contributed by atoms with Crippen LogP contribution in [0.4, 0.5) is 5.13 Å². The maximum Gasteiger partial charge on any atom is 0.338 e. The predicted octanol–water partition coefficient (Wildman–Crippen LogP) is 3.73. The fourth-order valence-electron chi connectivity index (χ4n) is 2.26. The van der Waals surface area contributed by atoms with Crippen molar-refractivity contribution in [2.75, 3.05) is 11.9 Å². The average Bonchev–Trinajstić information content (AvgIpc) is 3.15. The number of thiazole rings is 1. The van der Waals surface area contributed by atoms with Gasteiger partial charge in [0.25, 0.3) is 5.91 Å². The Hall–Kier alpha value is -3.32. The molecule has 3 rings (SSSR count). The minimum Gasteiger partial charge on any atom is -0.452 e. The van der Waals surface area contributed by atoms with Crippen molar-refractivity contribution in [2.24, 2.45) is 0 Å². The van der Waals surface area contributed by atoms with Crippen LogP contribution in [0, 0.1) is 6.92 Å². The summed E-state index contributed by atoms with van der Waals surface area (Å²) in [7, 11) is 0. The molecule has 1 amide bonds. The van der Waals surface area contributed by atoms with Gasteiger partial charge in [-0.2, -0.15) is 0 Å². The maximum absolute atomic E-state index is 12.0. The molecule has 0 spiro atoms. The monoisotopic (exact) mass is 380 g/mol. The first-order chi connectivity index (χ1) is 13.0. The SMILES string of the molecule is Cc1ccc(-c2csc(NC(=O)COC(=O)c3ccc(C=O)cc3)n2)cc1. The summed E-state index contributed by atoms with van der Waals surface area (Å²) in [6.07, 6.45) is 0.682. The molecule has 136 valence electrons. The van der Waals surface area contributed by atoms with Crippen LogP contribution in [0.5, 0.6) is 0 Å². The molecular weight excluding hydrogens is 364 g/mol. The zero-order valence-electron chi connectivity index (χ0n) is 14.5. The Bertz CT molecular complexity index is 962. The van der Waals surface area contributed by atoms with Gasteiger partial charge >= 0.3 is 5.97 Å². The standard InChI is InChI=1S/C20H16N2O4S/c1-13-2-6-15(7-3-13)17-12-27-20(21-17)22-18(24)11-26-19(25)16-8-4-14(10-23)5-9-16/h2-10,12H,11H2,1H3,(H,21,22,24). The van der Waals surface area contributed by atoms with Crippen LogP contribution in [0.25, 0.3) is 11.3 Å². The minimum atomic E-state index is -0.637.